The Bertz CT molecular complexity index is 935. The second kappa shape index (κ2) is 41.3. The van der Waals surface area contributed by atoms with Gasteiger partial charge in [-0.2, -0.15) is 7.82 Å². The van der Waals surface area contributed by atoms with Crippen LogP contribution in [-0.2, 0) is 42.9 Å². The molecule has 0 aromatic heterocycles. The first kappa shape index (κ1) is 80.9. The van der Waals surface area contributed by atoms with Gasteiger partial charge in [0, 0.05) is 24.8 Å². The fourth-order valence-electron chi connectivity index (χ4n) is 1.66. The van der Waals surface area contributed by atoms with E-state index in [1.165, 1.54) is 0 Å². The summed E-state index contributed by atoms with van der Waals surface area (Å²) < 4.78 is 8.55. The quantitative estimate of drug-likeness (QED) is 0.0631. The minimum Gasteiger partial charge on any atom is -0.822 e. The van der Waals surface area contributed by atoms with Gasteiger partial charge in [-0.3, -0.25) is 9.59 Å². The van der Waals surface area contributed by atoms with Crippen molar-refractivity contribution in [1.82, 2.24) is 0 Å². The van der Waals surface area contributed by atoms with E-state index < -0.39 is 105 Å². The van der Waals surface area contributed by atoms with E-state index in [2.05, 4.69) is 0 Å². The van der Waals surface area contributed by atoms with E-state index in [1.807, 2.05) is 0 Å². The van der Waals surface area contributed by atoms with Crippen LogP contribution in [0.4, 0.5) is 0 Å². The maximum absolute atomic E-state index is 10.3. The van der Waals surface area contributed by atoms with Gasteiger partial charge < -0.3 is 99.7 Å². The number of rotatable bonds is 13. The molecule has 24 nitrogen and oxygen atoms in total. The van der Waals surface area contributed by atoms with Crippen molar-refractivity contribution in [2.75, 3.05) is 0 Å². The molecule has 0 aromatic carbocycles. The normalized spacial score (nSPS) is 10.4. The van der Waals surface area contributed by atoms with Crippen molar-refractivity contribution in [3.8, 4) is 0 Å². The van der Waals surface area contributed by atoms with Crippen LogP contribution < -0.4 is 307 Å². The van der Waals surface area contributed by atoms with Gasteiger partial charge in [-0.15, -0.1) is 0 Å². The van der Waals surface area contributed by atoms with Crippen LogP contribution in [0.5, 0.6) is 0 Å². The predicted molar refractivity (Wildman–Crippen MR) is 98.6 cm³/mol. The molecule has 0 aliphatic carbocycles. The molecule has 0 aliphatic heterocycles. The van der Waals surface area contributed by atoms with Crippen molar-refractivity contribution in [1.29, 1.82) is 0 Å². The zero-order valence-electron chi connectivity index (χ0n) is 26.5. The first-order chi connectivity index (χ1) is 18.0. The Morgan fingerprint density at radius 3 is 0.917 bits per heavy atom. The van der Waals surface area contributed by atoms with Crippen molar-refractivity contribution in [2.45, 2.75) is 49.1 Å². The Balaban J connectivity index is -0.0000000418. The molecule has 0 aliphatic rings. The monoisotopic (exact) mass is 834 g/mol. The molecule has 8 N–H and O–H groups in total. The maximum atomic E-state index is 10.3. The van der Waals surface area contributed by atoms with Crippen LogP contribution in [0.25, 0.3) is 0 Å². The number of carbonyl (C=O) groups excluding carboxylic acids is 4. The van der Waals surface area contributed by atoms with E-state index in [0.717, 1.165) is 0 Å². The number of carboxylic acids is 8. The van der Waals surface area contributed by atoms with Gasteiger partial charge in [0.2, 0.25) is 0 Å². The fraction of sp³-hybridized carbons (Fsp3) is 0.500. The standard InChI is InChI=1S/2C6H8O7.C4H6O6.3K.4Na.H3O4P/c2*7-3(8)1-6(13,5(11)12)2-4(9)10;5-1(3(7)8)2(6)4(9)10;;;;;;;;1-5(2,3)4/h2*13H,1-2H2,(H,7,8)(H,9,10)(H,11,12);1-2,5-6H,(H,7,8)(H,9,10);;;;;;;;(H3,1,2,3,4)/q;;;7*+1;/p-7. The van der Waals surface area contributed by atoms with Gasteiger partial charge in [0.25, 0.3) is 0 Å². The number of aliphatic hydroxyl groups is 4. The van der Waals surface area contributed by atoms with Crippen molar-refractivity contribution in [3.63, 3.8) is 0 Å². The summed E-state index contributed by atoms with van der Waals surface area (Å²) in [6, 6.07) is 0. The fourth-order valence-corrected chi connectivity index (χ4v) is 1.66. The van der Waals surface area contributed by atoms with Gasteiger partial charge in [-0.05, 0) is 0 Å². The van der Waals surface area contributed by atoms with E-state index in [0.29, 0.717) is 0 Å². The molecule has 2 unspecified atom stereocenters. The Labute approximate surface area is 484 Å². The van der Waals surface area contributed by atoms with Gasteiger partial charge >= 0.3 is 296 Å². The van der Waals surface area contributed by atoms with Crippen LogP contribution in [0.15, 0.2) is 0 Å². The molecule has 0 aromatic rings. The summed E-state index contributed by atoms with van der Waals surface area (Å²) in [7, 11) is -5.39. The van der Waals surface area contributed by atoms with E-state index in [-0.39, 0.29) is 272 Å². The van der Waals surface area contributed by atoms with Crippen LogP contribution in [0.1, 0.15) is 25.7 Å². The number of carboxylic acid groups (broad SMARTS) is 8. The molecule has 0 heterocycles. The first-order valence-corrected chi connectivity index (χ1v) is 10.7. The molecule has 0 rings (SSSR count). The second-order valence-corrected chi connectivity index (χ2v) is 7.78. The Kier molecular flexibility index (Phi) is 69.6. The maximum Gasteiger partial charge on any atom is 1.00 e. The van der Waals surface area contributed by atoms with Crippen molar-refractivity contribution < 1.29 is 391 Å². The Hall–Kier alpha value is 4.62. The zero-order valence-corrected chi connectivity index (χ0v) is 44.8. The van der Waals surface area contributed by atoms with Gasteiger partial charge in [0.1, 0.15) is 11.7 Å². The molecule has 48 heavy (non-hydrogen) atoms. The third-order valence-electron chi connectivity index (χ3n) is 3.33. The summed E-state index contributed by atoms with van der Waals surface area (Å²) in [6.45, 7) is 0. The summed E-state index contributed by atoms with van der Waals surface area (Å²) in [5, 5.41) is 107. The molecule has 0 saturated heterocycles. The van der Waals surface area contributed by atoms with Gasteiger partial charge in [-0.25, -0.2) is 9.59 Å². The minimum atomic E-state index is -5.39. The third-order valence-corrected chi connectivity index (χ3v) is 3.33. The average Bonchev–Trinajstić information content (AvgIpc) is 2.69. The van der Waals surface area contributed by atoms with Gasteiger partial charge in [0.05, 0.1) is 24.8 Å². The number of phosphoric acid groups is 1. The SMILES string of the molecule is O=C(O)CC(O)(CC(=O)O)C(=O)O.O=C([O-])C(O)C(O)C(=O)O.O=C([O-])CC(O)(CC(=O)[O-])C(=O)[O-].O=P([O-])([O-])[O-].[K+].[K+].[K+].[Na+].[Na+].[Na+].[Na+]. The Morgan fingerprint density at radius 2 is 0.812 bits per heavy atom. The summed E-state index contributed by atoms with van der Waals surface area (Å²) in [6.07, 6.45) is -9.71. The molecule has 0 amide bonds. The molecule has 0 saturated carbocycles. The van der Waals surface area contributed by atoms with Gasteiger partial charge in [-0.1, -0.05) is 0 Å². The summed E-state index contributed by atoms with van der Waals surface area (Å²) in [5.41, 5.74) is -5.71. The summed E-state index contributed by atoms with van der Waals surface area (Å²) >= 11 is 0. The third kappa shape index (κ3) is 52.7. The zero-order chi connectivity index (χ0) is 34.1. The van der Waals surface area contributed by atoms with Crippen LogP contribution in [0.2, 0.25) is 0 Å². The topological polar surface area (TPSA) is 477 Å². The number of carbonyl (C=O) groups is 8. The van der Waals surface area contributed by atoms with Crippen LogP contribution in [0, 0.1) is 0 Å². The molecule has 2 atom stereocenters. The largest absolute Gasteiger partial charge is 1.00 e. The molecule has 0 radical (unpaired) electrons. The predicted octanol–water partition coefficient (Wildman–Crippen LogP) is -33.8. The van der Waals surface area contributed by atoms with Gasteiger partial charge in [0.15, 0.2) is 11.7 Å². The summed E-state index contributed by atoms with van der Waals surface area (Å²) in [5.74, 6) is -14.8. The molecule has 32 heteroatoms. The molecular formula is C16H18K3Na4O24P. The Morgan fingerprint density at radius 1 is 0.562 bits per heavy atom. The van der Waals surface area contributed by atoms with E-state index >= 15 is 0 Å². The smallest absolute Gasteiger partial charge is 0.822 e. The van der Waals surface area contributed by atoms with Crippen molar-refractivity contribution >= 4 is 55.6 Å². The molecule has 238 valence electrons. The first-order valence-electron chi connectivity index (χ1n) is 9.28. The average molecular weight is 835 g/mol. The second-order valence-electron chi connectivity index (χ2n) is 6.89. The number of hydrogen-bond donors (Lipinski definition) is 8. The molecule has 0 spiro atoms. The summed E-state index contributed by atoms with van der Waals surface area (Å²) in [4.78, 5) is 106. The van der Waals surface area contributed by atoms with Crippen molar-refractivity contribution in [2.24, 2.45) is 0 Å². The van der Waals surface area contributed by atoms with E-state index in [1.54, 1.807) is 0 Å². The van der Waals surface area contributed by atoms with Crippen molar-refractivity contribution in [3.05, 3.63) is 0 Å². The number of aliphatic hydroxyl groups excluding tert-OH is 2. The molecule has 0 fully saturated rings. The number of aliphatic carboxylic acids is 8. The van der Waals surface area contributed by atoms with Crippen LogP contribution in [0.3, 0.4) is 0 Å². The van der Waals surface area contributed by atoms with E-state index in [4.69, 9.17) is 60.1 Å². The minimum absolute atomic E-state index is 0. The van der Waals surface area contributed by atoms with Crippen LogP contribution in [-0.4, -0.2) is 112 Å². The van der Waals surface area contributed by atoms with Crippen LogP contribution >= 0.6 is 7.82 Å². The van der Waals surface area contributed by atoms with E-state index in [9.17, 15) is 58.8 Å². The molecule has 0 bridgehead atoms. The number of hydrogen-bond acceptors (Lipinski definition) is 20. The molecular weight excluding hydrogens is 816 g/mol.